The summed E-state index contributed by atoms with van der Waals surface area (Å²) in [5.74, 6) is 0.448. The molecule has 0 aliphatic rings. The summed E-state index contributed by atoms with van der Waals surface area (Å²) in [5, 5.41) is 5.99. The molecule has 0 bridgehead atoms. The fourth-order valence-corrected chi connectivity index (χ4v) is 3.48. The zero-order valence-electron chi connectivity index (χ0n) is 10.5. The van der Waals surface area contributed by atoms with Gasteiger partial charge in [0.15, 0.2) is 5.65 Å². The largest absolute Gasteiger partial charge is 0.250 e. The third kappa shape index (κ3) is 2.55. The molecule has 7 heteroatoms. The van der Waals surface area contributed by atoms with Gasteiger partial charge in [-0.25, -0.2) is 14.4 Å². The van der Waals surface area contributed by atoms with Crippen LogP contribution in [-0.2, 0) is 12.8 Å². The fourth-order valence-electron chi connectivity index (χ4n) is 1.84. The first-order valence-electron chi connectivity index (χ1n) is 5.84. The Labute approximate surface area is 127 Å². The van der Waals surface area contributed by atoms with Crippen LogP contribution in [0.1, 0.15) is 5.56 Å². The van der Waals surface area contributed by atoms with Gasteiger partial charge >= 0.3 is 0 Å². The van der Waals surface area contributed by atoms with Crippen LogP contribution >= 0.6 is 27.7 Å². The molecule has 1 aromatic carbocycles. The number of hydrogen-bond donors (Lipinski definition) is 0. The second-order valence-electron chi connectivity index (χ2n) is 4.21. The van der Waals surface area contributed by atoms with E-state index >= 15 is 0 Å². The van der Waals surface area contributed by atoms with Crippen molar-refractivity contribution in [2.24, 2.45) is 7.05 Å². The molecule has 0 saturated heterocycles. The van der Waals surface area contributed by atoms with Crippen molar-refractivity contribution in [2.45, 2.75) is 10.8 Å². The van der Waals surface area contributed by atoms with Crippen molar-refractivity contribution in [3.8, 4) is 0 Å². The number of aryl methyl sites for hydroxylation is 1. The van der Waals surface area contributed by atoms with Crippen LogP contribution in [0.3, 0.4) is 0 Å². The number of nitrogens with zero attached hydrogens (tertiary/aromatic N) is 4. The number of thioether (sulfide) groups is 1. The topological polar surface area (TPSA) is 43.6 Å². The second kappa shape index (κ2) is 5.49. The third-order valence-corrected chi connectivity index (χ3v) is 4.66. The lowest BCUT2D eigenvalue weighted by Crippen LogP contribution is -1.93. The van der Waals surface area contributed by atoms with E-state index in [4.69, 9.17) is 0 Å². The van der Waals surface area contributed by atoms with Crippen LogP contribution in [0.25, 0.3) is 11.0 Å². The standard InChI is InChI=1S/C13H10BrFN4S/c1-19-12-10(5-18-19)13(17-7-16-12)20-6-8-2-3-9(15)4-11(8)14/h2-5,7H,6H2,1H3. The number of rotatable bonds is 3. The summed E-state index contributed by atoms with van der Waals surface area (Å²) >= 11 is 4.95. The lowest BCUT2D eigenvalue weighted by atomic mass is 10.2. The quantitative estimate of drug-likeness (QED) is 0.534. The van der Waals surface area contributed by atoms with Gasteiger partial charge < -0.3 is 0 Å². The highest BCUT2D eigenvalue weighted by molar-refractivity contribution is 9.10. The lowest BCUT2D eigenvalue weighted by Gasteiger charge is -2.05. The Balaban J connectivity index is 1.87. The highest BCUT2D eigenvalue weighted by Gasteiger charge is 2.09. The van der Waals surface area contributed by atoms with Crippen LogP contribution < -0.4 is 0 Å². The minimum Gasteiger partial charge on any atom is -0.250 e. The molecular formula is C13H10BrFN4S. The van der Waals surface area contributed by atoms with E-state index in [9.17, 15) is 4.39 Å². The van der Waals surface area contributed by atoms with Crippen LogP contribution in [0.4, 0.5) is 4.39 Å². The maximum Gasteiger partial charge on any atom is 0.162 e. The van der Waals surface area contributed by atoms with Gasteiger partial charge in [-0.3, -0.25) is 4.68 Å². The predicted octanol–water partition coefficient (Wildman–Crippen LogP) is 3.56. The van der Waals surface area contributed by atoms with Crippen LogP contribution in [-0.4, -0.2) is 19.7 Å². The molecule has 0 aliphatic heterocycles. The van der Waals surface area contributed by atoms with Gasteiger partial charge in [-0.05, 0) is 17.7 Å². The average Bonchev–Trinajstić information content (AvgIpc) is 2.80. The van der Waals surface area contributed by atoms with Gasteiger partial charge in [0, 0.05) is 17.3 Å². The van der Waals surface area contributed by atoms with Gasteiger partial charge in [-0.2, -0.15) is 5.10 Å². The number of benzene rings is 1. The molecule has 0 unspecified atom stereocenters. The highest BCUT2D eigenvalue weighted by atomic mass is 79.9. The van der Waals surface area contributed by atoms with E-state index in [1.54, 1.807) is 28.7 Å². The minimum absolute atomic E-state index is 0.248. The maximum atomic E-state index is 13.1. The summed E-state index contributed by atoms with van der Waals surface area (Å²) in [4.78, 5) is 8.49. The van der Waals surface area contributed by atoms with E-state index in [2.05, 4.69) is 31.0 Å². The van der Waals surface area contributed by atoms with Gasteiger partial charge in [-0.1, -0.05) is 22.0 Å². The monoisotopic (exact) mass is 352 g/mol. The second-order valence-corrected chi connectivity index (χ2v) is 6.03. The van der Waals surface area contributed by atoms with Gasteiger partial charge in [0.05, 0.1) is 11.6 Å². The van der Waals surface area contributed by atoms with E-state index in [1.807, 2.05) is 7.05 Å². The fraction of sp³-hybridized carbons (Fsp3) is 0.154. The molecule has 0 amide bonds. The Bertz CT molecular complexity index is 774. The first-order valence-corrected chi connectivity index (χ1v) is 7.62. The van der Waals surface area contributed by atoms with Crippen molar-refractivity contribution in [1.82, 2.24) is 19.7 Å². The zero-order valence-corrected chi connectivity index (χ0v) is 12.9. The molecule has 0 N–H and O–H groups in total. The van der Waals surface area contributed by atoms with Gasteiger partial charge in [0.1, 0.15) is 17.2 Å². The average molecular weight is 353 g/mol. The van der Waals surface area contributed by atoms with Crippen molar-refractivity contribution >= 4 is 38.7 Å². The molecule has 0 atom stereocenters. The molecule has 2 heterocycles. The number of fused-ring (bicyclic) bond motifs is 1. The number of halogens is 2. The van der Waals surface area contributed by atoms with E-state index in [0.29, 0.717) is 5.75 Å². The molecule has 0 radical (unpaired) electrons. The Morgan fingerprint density at radius 1 is 1.35 bits per heavy atom. The predicted molar refractivity (Wildman–Crippen MR) is 80.0 cm³/mol. The molecule has 0 spiro atoms. The molecular weight excluding hydrogens is 343 g/mol. The van der Waals surface area contributed by atoms with Crippen molar-refractivity contribution < 1.29 is 4.39 Å². The van der Waals surface area contributed by atoms with Gasteiger partial charge in [0.25, 0.3) is 0 Å². The lowest BCUT2D eigenvalue weighted by molar-refractivity contribution is 0.626. The maximum absolute atomic E-state index is 13.1. The summed E-state index contributed by atoms with van der Waals surface area (Å²) in [6.45, 7) is 0. The molecule has 0 fully saturated rings. The van der Waals surface area contributed by atoms with Crippen molar-refractivity contribution in [3.63, 3.8) is 0 Å². The van der Waals surface area contributed by atoms with Gasteiger partial charge in [-0.15, -0.1) is 11.8 Å². The van der Waals surface area contributed by atoms with E-state index in [1.165, 1.54) is 18.5 Å². The third-order valence-electron chi connectivity index (χ3n) is 2.87. The van der Waals surface area contributed by atoms with Crippen molar-refractivity contribution in [2.75, 3.05) is 0 Å². The van der Waals surface area contributed by atoms with Crippen molar-refractivity contribution in [3.05, 3.63) is 46.6 Å². The molecule has 3 rings (SSSR count). The van der Waals surface area contributed by atoms with Crippen LogP contribution in [0.5, 0.6) is 0 Å². The van der Waals surface area contributed by atoms with Crippen molar-refractivity contribution in [1.29, 1.82) is 0 Å². The molecule has 0 aliphatic carbocycles. The van der Waals surface area contributed by atoms with E-state index in [0.717, 1.165) is 26.1 Å². The van der Waals surface area contributed by atoms with E-state index < -0.39 is 0 Å². The normalized spacial score (nSPS) is 11.2. The number of aromatic nitrogens is 4. The van der Waals surface area contributed by atoms with Gasteiger partial charge in [0.2, 0.25) is 0 Å². The highest BCUT2D eigenvalue weighted by Crippen LogP contribution is 2.29. The first-order chi connectivity index (χ1) is 9.65. The summed E-state index contributed by atoms with van der Waals surface area (Å²) in [5.41, 5.74) is 1.83. The zero-order chi connectivity index (χ0) is 14.1. The number of hydrogen-bond acceptors (Lipinski definition) is 4. The van der Waals surface area contributed by atoms with Crippen LogP contribution in [0.15, 0.2) is 40.2 Å². The molecule has 0 saturated carbocycles. The molecule has 102 valence electrons. The SMILES string of the molecule is Cn1ncc2c(SCc3ccc(F)cc3Br)ncnc21. The Hall–Kier alpha value is -1.47. The molecule has 3 aromatic rings. The summed E-state index contributed by atoms with van der Waals surface area (Å²) in [6, 6.07) is 4.70. The van der Waals surface area contributed by atoms with Crippen LogP contribution in [0.2, 0.25) is 0 Å². The molecule has 20 heavy (non-hydrogen) atoms. The Morgan fingerprint density at radius 2 is 2.20 bits per heavy atom. The molecule has 4 nitrogen and oxygen atoms in total. The smallest absolute Gasteiger partial charge is 0.162 e. The Morgan fingerprint density at radius 3 is 3.00 bits per heavy atom. The first kappa shape index (κ1) is 13.5. The summed E-state index contributed by atoms with van der Waals surface area (Å²) < 4.78 is 15.5. The van der Waals surface area contributed by atoms with Crippen LogP contribution in [0, 0.1) is 5.82 Å². The Kier molecular flexibility index (Phi) is 3.71. The summed E-state index contributed by atoms with van der Waals surface area (Å²) in [7, 11) is 1.85. The molecule has 2 aromatic heterocycles. The minimum atomic E-state index is -0.248. The van der Waals surface area contributed by atoms with E-state index in [-0.39, 0.29) is 5.82 Å². The summed E-state index contributed by atoms with van der Waals surface area (Å²) in [6.07, 6.45) is 3.30.